The Bertz CT molecular complexity index is 1150. The van der Waals surface area contributed by atoms with E-state index >= 15 is 0 Å². The summed E-state index contributed by atoms with van der Waals surface area (Å²) in [5, 5.41) is 6.89. The number of carbonyl (C=O) groups is 2. The minimum Gasteiger partial charge on any atom is -0.347 e. The van der Waals surface area contributed by atoms with Crippen molar-refractivity contribution in [2.45, 2.75) is 26.8 Å². The first-order chi connectivity index (χ1) is 14.7. The molecule has 160 valence electrons. The van der Waals surface area contributed by atoms with Gasteiger partial charge in [0.25, 0.3) is 5.91 Å². The highest BCUT2D eigenvalue weighted by Gasteiger charge is 2.39. The molecule has 7 nitrogen and oxygen atoms in total. The van der Waals surface area contributed by atoms with Crippen molar-refractivity contribution < 1.29 is 14.0 Å². The number of hydrogen-bond donors (Lipinski definition) is 1. The van der Waals surface area contributed by atoms with Crippen molar-refractivity contribution in [1.82, 2.24) is 20.1 Å². The Morgan fingerprint density at radius 3 is 2.71 bits per heavy atom. The number of hydrogen-bond acceptors (Lipinski definition) is 4. The van der Waals surface area contributed by atoms with E-state index in [1.807, 2.05) is 19.9 Å². The van der Waals surface area contributed by atoms with E-state index in [2.05, 4.69) is 15.4 Å². The first-order valence-corrected chi connectivity index (χ1v) is 10.1. The quantitative estimate of drug-likeness (QED) is 0.685. The van der Waals surface area contributed by atoms with Crippen LogP contribution in [0.4, 0.5) is 10.1 Å². The molecule has 1 aromatic carbocycles. The number of amides is 2. The first-order valence-electron chi connectivity index (χ1n) is 10.1. The van der Waals surface area contributed by atoms with Gasteiger partial charge in [-0.25, -0.2) is 4.39 Å². The zero-order chi connectivity index (χ0) is 22.2. The van der Waals surface area contributed by atoms with Crippen molar-refractivity contribution in [3.05, 3.63) is 66.0 Å². The highest BCUT2D eigenvalue weighted by atomic mass is 19.1. The Hall–Kier alpha value is -3.55. The number of carbonyl (C=O) groups excluding carboxylic acids is 2. The summed E-state index contributed by atoms with van der Waals surface area (Å²) in [7, 11) is 1.79. The van der Waals surface area contributed by atoms with Crippen molar-refractivity contribution in [1.29, 1.82) is 0 Å². The molecule has 0 radical (unpaired) electrons. The number of rotatable bonds is 5. The lowest BCUT2D eigenvalue weighted by molar-refractivity contribution is -0.123. The van der Waals surface area contributed by atoms with E-state index in [-0.39, 0.29) is 29.9 Å². The number of aromatic nitrogens is 3. The summed E-state index contributed by atoms with van der Waals surface area (Å²) in [6.07, 6.45) is 5.74. The fourth-order valence-corrected chi connectivity index (χ4v) is 3.69. The maximum Gasteiger partial charge on any atom is 0.270 e. The van der Waals surface area contributed by atoms with Crippen LogP contribution in [0.2, 0.25) is 0 Å². The highest BCUT2D eigenvalue weighted by Crippen LogP contribution is 2.34. The molecule has 31 heavy (non-hydrogen) atoms. The summed E-state index contributed by atoms with van der Waals surface area (Å²) in [5.41, 5.74) is 2.56. The summed E-state index contributed by atoms with van der Waals surface area (Å²) in [5.74, 6) is -0.742. The van der Waals surface area contributed by atoms with Crippen LogP contribution in [-0.4, -0.2) is 33.1 Å². The third-order valence-corrected chi connectivity index (χ3v) is 5.52. The van der Waals surface area contributed by atoms with Crippen LogP contribution < -0.4 is 10.2 Å². The Morgan fingerprint density at radius 2 is 2.03 bits per heavy atom. The average Bonchev–Trinajstić information content (AvgIpc) is 3.29. The molecule has 2 aromatic heterocycles. The number of benzene rings is 1. The van der Waals surface area contributed by atoms with E-state index in [0.29, 0.717) is 23.4 Å². The number of pyridine rings is 1. The fraction of sp³-hybridized carbons (Fsp3) is 0.304. The van der Waals surface area contributed by atoms with Gasteiger partial charge in [-0.3, -0.25) is 19.3 Å². The molecule has 3 heterocycles. The minimum absolute atomic E-state index is 0.0350. The van der Waals surface area contributed by atoms with Crippen LogP contribution in [0, 0.1) is 11.2 Å². The van der Waals surface area contributed by atoms with Crippen LogP contribution in [0.25, 0.3) is 11.1 Å². The topological polar surface area (TPSA) is 80.1 Å². The maximum atomic E-state index is 14.1. The molecule has 1 saturated heterocycles. The molecule has 0 bridgehead atoms. The Labute approximate surface area is 179 Å². The maximum absolute atomic E-state index is 14.1. The number of nitrogens with one attached hydrogen (secondary N) is 1. The number of aryl methyl sites for hydroxylation is 1. The van der Waals surface area contributed by atoms with Crippen LogP contribution in [-0.2, 0) is 18.4 Å². The third kappa shape index (κ3) is 4.33. The normalized spacial score (nSPS) is 15.4. The lowest BCUT2D eigenvalue weighted by Crippen LogP contribution is -2.31. The van der Waals surface area contributed by atoms with Crippen molar-refractivity contribution in [2.24, 2.45) is 12.5 Å². The van der Waals surface area contributed by atoms with Gasteiger partial charge in [-0.1, -0.05) is 13.8 Å². The molecule has 0 aliphatic carbocycles. The molecule has 1 aliphatic rings. The van der Waals surface area contributed by atoms with Gasteiger partial charge in [0, 0.05) is 49.2 Å². The van der Waals surface area contributed by atoms with Gasteiger partial charge >= 0.3 is 0 Å². The summed E-state index contributed by atoms with van der Waals surface area (Å²) in [6, 6.07) is 7.97. The Morgan fingerprint density at radius 1 is 1.23 bits per heavy atom. The van der Waals surface area contributed by atoms with E-state index in [1.54, 1.807) is 41.2 Å². The zero-order valence-electron chi connectivity index (χ0n) is 17.7. The van der Waals surface area contributed by atoms with Gasteiger partial charge in [0.2, 0.25) is 5.91 Å². The van der Waals surface area contributed by atoms with Crippen LogP contribution >= 0.6 is 0 Å². The van der Waals surface area contributed by atoms with E-state index in [9.17, 15) is 14.0 Å². The van der Waals surface area contributed by atoms with Gasteiger partial charge in [-0.15, -0.1) is 0 Å². The van der Waals surface area contributed by atoms with Crippen molar-refractivity contribution in [3.63, 3.8) is 0 Å². The van der Waals surface area contributed by atoms with Gasteiger partial charge in [0.05, 0.1) is 6.20 Å². The molecule has 1 fully saturated rings. The van der Waals surface area contributed by atoms with Gasteiger partial charge in [0.15, 0.2) is 0 Å². The largest absolute Gasteiger partial charge is 0.347 e. The smallest absolute Gasteiger partial charge is 0.270 e. The third-order valence-electron chi connectivity index (χ3n) is 5.52. The first kappa shape index (κ1) is 20.7. The molecule has 2 amide bonds. The summed E-state index contributed by atoms with van der Waals surface area (Å²) in [4.78, 5) is 31.0. The molecule has 4 rings (SSSR count). The molecule has 1 N–H and O–H groups in total. The van der Waals surface area contributed by atoms with E-state index in [0.717, 1.165) is 12.0 Å². The predicted molar refractivity (Wildman–Crippen MR) is 115 cm³/mol. The van der Waals surface area contributed by atoms with Crippen molar-refractivity contribution in [2.75, 3.05) is 11.4 Å². The fourth-order valence-electron chi connectivity index (χ4n) is 3.69. The van der Waals surface area contributed by atoms with Gasteiger partial charge in [-0.05, 0) is 47.9 Å². The molecule has 0 unspecified atom stereocenters. The van der Waals surface area contributed by atoms with Gasteiger partial charge in [0.1, 0.15) is 11.5 Å². The monoisotopic (exact) mass is 421 g/mol. The van der Waals surface area contributed by atoms with Crippen molar-refractivity contribution >= 4 is 17.5 Å². The lowest BCUT2D eigenvalue weighted by Gasteiger charge is -2.20. The molecule has 8 heteroatoms. The summed E-state index contributed by atoms with van der Waals surface area (Å²) >= 11 is 0. The number of anilines is 1. The van der Waals surface area contributed by atoms with Crippen LogP contribution in [0.5, 0.6) is 0 Å². The van der Waals surface area contributed by atoms with Crippen molar-refractivity contribution in [3.8, 4) is 11.1 Å². The molecule has 0 saturated carbocycles. The van der Waals surface area contributed by atoms with Crippen LogP contribution in [0.15, 0.2) is 48.9 Å². The molecule has 3 aromatic rings. The van der Waals surface area contributed by atoms with Gasteiger partial charge in [-0.2, -0.15) is 5.10 Å². The number of nitrogens with zero attached hydrogens (tertiary/aromatic N) is 4. The van der Waals surface area contributed by atoms with Gasteiger partial charge < -0.3 is 10.2 Å². The highest BCUT2D eigenvalue weighted by molar-refractivity contribution is 6.00. The van der Waals surface area contributed by atoms with E-state index in [4.69, 9.17) is 0 Å². The van der Waals surface area contributed by atoms with E-state index in [1.165, 1.54) is 18.3 Å². The number of halogens is 1. The molecular weight excluding hydrogens is 397 g/mol. The average molecular weight is 421 g/mol. The van der Waals surface area contributed by atoms with E-state index < -0.39 is 5.41 Å². The minimum atomic E-state index is -0.408. The zero-order valence-corrected chi connectivity index (χ0v) is 17.7. The summed E-state index contributed by atoms with van der Waals surface area (Å²) in [6.45, 7) is 4.59. The second kappa shape index (κ2) is 7.94. The SMILES string of the molecule is Cn1cc(-c2cc(F)cc(CNC(=O)c3cc(N4CCC(C)(C)C4=O)ccn3)c2)cn1. The summed E-state index contributed by atoms with van der Waals surface area (Å²) < 4.78 is 15.7. The molecule has 0 atom stereocenters. The second-order valence-corrected chi connectivity index (χ2v) is 8.42. The Balaban J connectivity index is 1.47. The Kier molecular flexibility index (Phi) is 5.31. The second-order valence-electron chi connectivity index (χ2n) is 8.42. The van der Waals surface area contributed by atoms with Crippen LogP contribution in [0.1, 0.15) is 36.3 Å². The lowest BCUT2D eigenvalue weighted by atomic mass is 9.92. The van der Waals surface area contributed by atoms with Crippen LogP contribution in [0.3, 0.4) is 0 Å². The molecule has 0 spiro atoms. The standard InChI is InChI=1S/C23H24FN5O2/c1-23(2)5-7-29(22(23)31)19-4-6-25-20(11-19)21(30)26-12-15-8-16(10-18(24)9-15)17-13-27-28(3)14-17/h4,6,8-11,13-14H,5,7,12H2,1-3H3,(H,26,30). The molecular formula is C23H24FN5O2. The molecule has 1 aliphatic heterocycles. The predicted octanol–water partition coefficient (Wildman–Crippen LogP) is 3.31.